The molecular weight excluding hydrogens is 301 g/mol. The van der Waals surface area contributed by atoms with Gasteiger partial charge in [-0.3, -0.25) is 4.98 Å². The summed E-state index contributed by atoms with van der Waals surface area (Å²) in [5.74, 6) is 0.565. The van der Waals surface area contributed by atoms with Crippen molar-refractivity contribution in [2.45, 2.75) is 13.8 Å². The number of pyridine rings is 1. The van der Waals surface area contributed by atoms with Crippen LogP contribution in [-0.4, -0.2) is 14.5 Å². The van der Waals surface area contributed by atoms with E-state index in [1.165, 1.54) is 6.07 Å². The number of nitrogens with zero attached hydrogens (tertiary/aromatic N) is 3. The minimum atomic E-state index is -0.211. The number of halogens is 1. The van der Waals surface area contributed by atoms with Gasteiger partial charge in [0.15, 0.2) is 0 Å². The van der Waals surface area contributed by atoms with Crippen LogP contribution >= 0.6 is 0 Å². The number of allylic oxidation sites excluding steroid dienone is 1. The maximum atomic E-state index is 13.6. The standard InChI is InChI=1S/C20H18FN3/c1-4-19-22-10-11-24(19)13-15(3)17-6-5-9-23-20(17)16-7-8-18(21)14(2)12-16/h4-13H,1H2,2-3H3/b15-13+. The summed E-state index contributed by atoms with van der Waals surface area (Å²) >= 11 is 0. The van der Waals surface area contributed by atoms with Gasteiger partial charge < -0.3 is 4.57 Å². The average Bonchev–Trinajstić information content (AvgIpc) is 3.04. The van der Waals surface area contributed by atoms with Crippen molar-refractivity contribution in [1.82, 2.24) is 14.5 Å². The molecule has 2 heterocycles. The predicted octanol–water partition coefficient (Wildman–Crippen LogP) is 5.05. The Labute approximate surface area is 140 Å². The van der Waals surface area contributed by atoms with Gasteiger partial charge in [-0.15, -0.1) is 0 Å². The average molecular weight is 319 g/mol. The van der Waals surface area contributed by atoms with Crippen LogP contribution < -0.4 is 0 Å². The summed E-state index contributed by atoms with van der Waals surface area (Å²) in [6.45, 7) is 7.54. The maximum absolute atomic E-state index is 13.6. The highest BCUT2D eigenvalue weighted by molar-refractivity contribution is 5.83. The van der Waals surface area contributed by atoms with Gasteiger partial charge in [-0.1, -0.05) is 12.6 Å². The molecule has 2 aromatic heterocycles. The van der Waals surface area contributed by atoms with Crippen molar-refractivity contribution in [2.75, 3.05) is 0 Å². The third-order valence-corrected chi connectivity index (χ3v) is 3.88. The molecular formula is C20H18FN3. The monoisotopic (exact) mass is 319 g/mol. The van der Waals surface area contributed by atoms with Crippen LogP contribution in [0.4, 0.5) is 4.39 Å². The van der Waals surface area contributed by atoms with Crippen LogP contribution in [0.5, 0.6) is 0 Å². The van der Waals surface area contributed by atoms with Crippen LogP contribution in [0.3, 0.4) is 0 Å². The third kappa shape index (κ3) is 3.04. The zero-order chi connectivity index (χ0) is 17.1. The highest BCUT2D eigenvalue weighted by atomic mass is 19.1. The topological polar surface area (TPSA) is 30.7 Å². The van der Waals surface area contributed by atoms with Gasteiger partial charge >= 0.3 is 0 Å². The van der Waals surface area contributed by atoms with E-state index in [2.05, 4.69) is 16.5 Å². The molecule has 4 heteroatoms. The number of benzene rings is 1. The van der Waals surface area contributed by atoms with E-state index in [-0.39, 0.29) is 5.82 Å². The molecule has 0 fully saturated rings. The molecule has 0 unspecified atom stereocenters. The summed E-state index contributed by atoms with van der Waals surface area (Å²) in [7, 11) is 0. The van der Waals surface area contributed by atoms with Crippen LogP contribution in [-0.2, 0) is 0 Å². The molecule has 0 spiro atoms. The largest absolute Gasteiger partial charge is 0.307 e. The molecule has 0 aliphatic rings. The molecule has 0 aliphatic carbocycles. The molecule has 120 valence electrons. The van der Waals surface area contributed by atoms with Crippen molar-refractivity contribution in [2.24, 2.45) is 0 Å². The summed E-state index contributed by atoms with van der Waals surface area (Å²) in [5.41, 5.74) is 4.35. The Balaban J connectivity index is 2.09. The highest BCUT2D eigenvalue weighted by Crippen LogP contribution is 2.28. The van der Waals surface area contributed by atoms with Gasteiger partial charge in [0.1, 0.15) is 11.6 Å². The highest BCUT2D eigenvalue weighted by Gasteiger charge is 2.10. The Hall–Kier alpha value is -3.01. The lowest BCUT2D eigenvalue weighted by molar-refractivity contribution is 0.619. The van der Waals surface area contributed by atoms with Crippen LogP contribution in [0, 0.1) is 12.7 Å². The molecule has 0 saturated heterocycles. The summed E-state index contributed by atoms with van der Waals surface area (Å²) in [5, 5.41) is 0. The SMILES string of the molecule is C=Cc1nccn1/C=C(\C)c1cccnc1-c1ccc(F)c(C)c1. The zero-order valence-corrected chi connectivity index (χ0v) is 13.7. The van der Waals surface area contributed by atoms with Gasteiger partial charge in [0, 0.05) is 35.9 Å². The summed E-state index contributed by atoms with van der Waals surface area (Å²) in [6.07, 6.45) is 9.04. The van der Waals surface area contributed by atoms with Crippen molar-refractivity contribution >= 4 is 17.8 Å². The number of hydrogen-bond donors (Lipinski definition) is 0. The summed E-state index contributed by atoms with van der Waals surface area (Å²) < 4.78 is 15.5. The molecule has 0 atom stereocenters. The fraction of sp³-hybridized carbons (Fsp3) is 0.100. The van der Waals surface area contributed by atoms with E-state index in [0.717, 1.165) is 28.2 Å². The normalized spacial score (nSPS) is 11.5. The van der Waals surface area contributed by atoms with E-state index in [9.17, 15) is 4.39 Å². The van der Waals surface area contributed by atoms with Crippen molar-refractivity contribution in [3.05, 3.63) is 78.3 Å². The summed E-state index contributed by atoms with van der Waals surface area (Å²) in [6, 6.07) is 8.97. The van der Waals surface area contributed by atoms with Crippen LogP contribution in [0.2, 0.25) is 0 Å². The third-order valence-electron chi connectivity index (χ3n) is 3.88. The van der Waals surface area contributed by atoms with Gasteiger partial charge in [-0.2, -0.15) is 0 Å². The smallest absolute Gasteiger partial charge is 0.136 e. The van der Waals surface area contributed by atoms with Gasteiger partial charge in [-0.05, 0) is 55.3 Å². The maximum Gasteiger partial charge on any atom is 0.136 e. The molecule has 0 saturated carbocycles. The second-order valence-electron chi connectivity index (χ2n) is 5.57. The Morgan fingerprint density at radius 2 is 2.04 bits per heavy atom. The quantitative estimate of drug-likeness (QED) is 0.673. The lowest BCUT2D eigenvalue weighted by Gasteiger charge is -2.11. The molecule has 0 N–H and O–H groups in total. The second-order valence-corrected chi connectivity index (χ2v) is 5.57. The van der Waals surface area contributed by atoms with E-state index in [1.54, 1.807) is 31.5 Å². The first-order valence-corrected chi connectivity index (χ1v) is 7.65. The van der Waals surface area contributed by atoms with E-state index in [1.807, 2.05) is 42.1 Å². The van der Waals surface area contributed by atoms with Gasteiger partial charge in [0.2, 0.25) is 0 Å². The summed E-state index contributed by atoms with van der Waals surface area (Å²) in [4.78, 5) is 8.73. The Bertz CT molecular complexity index is 922. The predicted molar refractivity (Wildman–Crippen MR) is 96.5 cm³/mol. The van der Waals surface area contributed by atoms with Crippen molar-refractivity contribution < 1.29 is 4.39 Å². The number of imidazole rings is 1. The molecule has 3 nitrogen and oxygen atoms in total. The number of aromatic nitrogens is 3. The van der Waals surface area contributed by atoms with Crippen LogP contribution in [0.25, 0.3) is 29.1 Å². The van der Waals surface area contributed by atoms with Gasteiger partial charge in [-0.25, -0.2) is 9.37 Å². The van der Waals surface area contributed by atoms with E-state index in [0.29, 0.717) is 5.56 Å². The molecule has 3 aromatic rings. The minimum absolute atomic E-state index is 0.211. The molecule has 0 radical (unpaired) electrons. The van der Waals surface area contributed by atoms with E-state index in [4.69, 9.17) is 0 Å². The molecule has 0 amide bonds. The van der Waals surface area contributed by atoms with E-state index < -0.39 is 0 Å². The first-order valence-electron chi connectivity index (χ1n) is 7.65. The first-order chi connectivity index (χ1) is 11.6. The van der Waals surface area contributed by atoms with E-state index >= 15 is 0 Å². The second kappa shape index (κ2) is 6.62. The lowest BCUT2D eigenvalue weighted by atomic mass is 9.99. The fourth-order valence-corrected chi connectivity index (χ4v) is 2.62. The van der Waals surface area contributed by atoms with Crippen LogP contribution in [0.15, 0.2) is 55.5 Å². The van der Waals surface area contributed by atoms with Crippen LogP contribution in [0.1, 0.15) is 23.9 Å². The van der Waals surface area contributed by atoms with Gasteiger partial charge in [0.05, 0.1) is 5.69 Å². The molecule has 1 aromatic carbocycles. The molecule has 0 bridgehead atoms. The zero-order valence-electron chi connectivity index (χ0n) is 13.7. The Morgan fingerprint density at radius 1 is 1.21 bits per heavy atom. The Morgan fingerprint density at radius 3 is 2.79 bits per heavy atom. The Kier molecular flexibility index (Phi) is 4.38. The van der Waals surface area contributed by atoms with Crippen molar-refractivity contribution in [1.29, 1.82) is 0 Å². The van der Waals surface area contributed by atoms with Crippen molar-refractivity contribution in [3.63, 3.8) is 0 Å². The van der Waals surface area contributed by atoms with Gasteiger partial charge in [0.25, 0.3) is 0 Å². The molecule has 3 rings (SSSR count). The minimum Gasteiger partial charge on any atom is -0.307 e. The number of rotatable bonds is 4. The molecule has 24 heavy (non-hydrogen) atoms. The number of hydrogen-bond acceptors (Lipinski definition) is 2. The first kappa shape index (κ1) is 15.9. The number of aryl methyl sites for hydroxylation is 1. The lowest BCUT2D eigenvalue weighted by Crippen LogP contribution is -1.95. The fourth-order valence-electron chi connectivity index (χ4n) is 2.62. The van der Waals surface area contributed by atoms with Crippen molar-refractivity contribution in [3.8, 4) is 11.3 Å². The molecule has 0 aliphatic heterocycles.